The van der Waals surface area contributed by atoms with Gasteiger partial charge in [0, 0.05) is 19.1 Å². The molecule has 0 aromatic heterocycles. The largest absolute Gasteiger partial charge is 0.480 e. The van der Waals surface area contributed by atoms with Gasteiger partial charge in [0.1, 0.15) is 5.82 Å². The van der Waals surface area contributed by atoms with Gasteiger partial charge in [-0.2, -0.15) is 0 Å². The molecule has 1 saturated heterocycles. The van der Waals surface area contributed by atoms with Crippen molar-refractivity contribution in [3.05, 3.63) is 34.1 Å². The van der Waals surface area contributed by atoms with Crippen molar-refractivity contribution < 1.29 is 19.1 Å². The Balaban J connectivity index is 2.07. The highest BCUT2D eigenvalue weighted by Crippen LogP contribution is 2.24. The lowest BCUT2D eigenvalue weighted by Gasteiger charge is -2.25. The molecule has 0 spiro atoms. The summed E-state index contributed by atoms with van der Waals surface area (Å²) in [5.41, 5.74) is 0.699. The second-order valence-corrected chi connectivity index (χ2v) is 6.67. The number of likely N-dealkylation sites (N-methyl/N-ethyl adjacent to an activating group) is 1. The van der Waals surface area contributed by atoms with Crippen molar-refractivity contribution in [2.45, 2.75) is 32.2 Å². The molecular formula is C17H22ClFN2O3. The normalized spacial score (nSPS) is 18.5. The second kappa shape index (κ2) is 7.94. The molecule has 132 valence electrons. The van der Waals surface area contributed by atoms with Gasteiger partial charge in [0.15, 0.2) is 0 Å². The number of amides is 1. The summed E-state index contributed by atoms with van der Waals surface area (Å²) in [5.74, 6) is -1.49. The van der Waals surface area contributed by atoms with Gasteiger partial charge in [-0.3, -0.25) is 14.5 Å². The highest BCUT2D eigenvalue weighted by molar-refractivity contribution is 6.33. The van der Waals surface area contributed by atoms with E-state index in [0.29, 0.717) is 30.6 Å². The number of benzene rings is 1. The van der Waals surface area contributed by atoms with Crippen LogP contribution in [0.25, 0.3) is 0 Å². The number of carbonyl (C=O) groups is 2. The Hall–Kier alpha value is -1.66. The number of carboxylic acid groups (broad SMARTS) is 1. The first kappa shape index (κ1) is 18.7. The Kier molecular flexibility index (Phi) is 6.18. The minimum Gasteiger partial charge on any atom is -0.480 e. The number of aryl methyl sites for hydroxylation is 1. The van der Waals surface area contributed by atoms with Gasteiger partial charge in [-0.25, -0.2) is 4.39 Å². The fourth-order valence-electron chi connectivity index (χ4n) is 3.06. The summed E-state index contributed by atoms with van der Waals surface area (Å²) in [6, 6.07) is 2.79. The Morgan fingerprint density at radius 1 is 1.38 bits per heavy atom. The molecule has 0 bridgehead atoms. The molecule has 5 nitrogen and oxygen atoms in total. The maximum absolute atomic E-state index is 13.5. The highest BCUT2D eigenvalue weighted by atomic mass is 35.5. The number of hydrogen-bond donors (Lipinski definition) is 1. The van der Waals surface area contributed by atoms with Crippen molar-refractivity contribution in [2.24, 2.45) is 0 Å². The first-order valence-corrected chi connectivity index (χ1v) is 8.34. The standard InChI is InChI=1S/C17H22ClFN2O3/c1-11-8-13(14(18)9-15(11)19)17(24)21-6-3-4-12(5-7-21)20(2)10-16(22)23/h8-9,12H,3-7,10H2,1-2H3,(H,22,23). The van der Waals surface area contributed by atoms with E-state index in [9.17, 15) is 14.0 Å². The van der Waals surface area contributed by atoms with Crippen LogP contribution in [0.3, 0.4) is 0 Å². The number of halogens is 2. The van der Waals surface area contributed by atoms with Gasteiger partial charge in [-0.1, -0.05) is 11.6 Å². The van der Waals surface area contributed by atoms with Crippen LogP contribution in [-0.4, -0.2) is 59.5 Å². The van der Waals surface area contributed by atoms with E-state index in [0.717, 1.165) is 12.8 Å². The molecule has 1 atom stereocenters. The third kappa shape index (κ3) is 4.45. The van der Waals surface area contributed by atoms with Crippen LogP contribution in [0.2, 0.25) is 5.02 Å². The van der Waals surface area contributed by atoms with E-state index < -0.39 is 11.8 Å². The van der Waals surface area contributed by atoms with Crippen LogP contribution >= 0.6 is 11.6 Å². The third-order valence-corrected chi connectivity index (χ3v) is 4.78. The zero-order valence-corrected chi connectivity index (χ0v) is 14.6. The quantitative estimate of drug-likeness (QED) is 0.901. The lowest BCUT2D eigenvalue weighted by Crippen LogP contribution is -2.37. The minimum atomic E-state index is -0.858. The smallest absolute Gasteiger partial charge is 0.317 e. The molecular weight excluding hydrogens is 335 g/mol. The topological polar surface area (TPSA) is 60.9 Å². The predicted octanol–water partition coefficient (Wildman–Crippen LogP) is 2.80. The first-order chi connectivity index (χ1) is 11.3. The molecule has 7 heteroatoms. The van der Waals surface area contributed by atoms with Gasteiger partial charge >= 0.3 is 5.97 Å². The average Bonchev–Trinajstić information content (AvgIpc) is 2.75. The van der Waals surface area contributed by atoms with Crippen LogP contribution in [0.5, 0.6) is 0 Å². The van der Waals surface area contributed by atoms with E-state index in [2.05, 4.69) is 0 Å². The van der Waals surface area contributed by atoms with Crippen LogP contribution in [0.4, 0.5) is 4.39 Å². The summed E-state index contributed by atoms with van der Waals surface area (Å²) in [4.78, 5) is 27.1. The molecule has 1 heterocycles. The molecule has 0 saturated carbocycles. The molecule has 1 aromatic carbocycles. The van der Waals surface area contributed by atoms with Gasteiger partial charge in [-0.15, -0.1) is 0 Å². The van der Waals surface area contributed by atoms with Gasteiger partial charge in [0.25, 0.3) is 5.91 Å². The summed E-state index contributed by atoms with van der Waals surface area (Å²) in [5, 5.41) is 9.02. The molecule has 1 amide bonds. The Labute approximate surface area is 146 Å². The average molecular weight is 357 g/mol. The minimum absolute atomic E-state index is 0.0123. The van der Waals surface area contributed by atoms with Crippen molar-refractivity contribution in [2.75, 3.05) is 26.7 Å². The van der Waals surface area contributed by atoms with E-state index in [1.807, 2.05) is 4.90 Å². The Bertz CT molecular complexity index is 639. The van der Waals surface area contributed by atoms with Crippen LogP contribution in [0, 0.1) is 12.7 Å². The fourth-order valence-corrected chi connectivity index (χ4v) is 3.29. The zero-order chi connectivity index (χ0) is 17.9. The van der Waals surface area contributed by atoms with Crippen molar-refractivity contribution in [3.63, 3.8) is 0 Å². The molecule has 1 aliphatic heterocycles. The second-order valence-electron chi connectivity index (χ2n) is 6.27. The number of carboxylic acids is 1. The monoisotopic (exact) mass is 356 g/mol. The van der Waals surface area contributed by atoms with Crippen LogP contribution < -0.4 is 0 Å². The van der Waals surface area contributed by atoms with E-state index in [4.69, 9.17) is 16.7 Å². The Morgan fingerprint density at radius 3 is 2.75 bits per heavy atom. The van der Waals surface area contributed by atoms with Crippen molar-refractivity contribution >= 4 is 23.5 Å². The van der Waals surface area contributed by atoms with Crippen LogP contribution in [-0.2, 0) is 4.79 Å². The van der Waals surface area contributed by atoms with Crippen molar-refractivity contribution in [1.82, 2.24) is 9.80 Å². The molecule has 0 aliphatic carbocycles. The van der Waals surface area contributed by atoms with Gasteiger partial charge in [0.2, 0.25) is 0 Å². The summed E-state index contributed by atoms with van der Waals surface area (Å²) in [6.07, 6.45) is 2.33. The molecule has 1 fully saturated rings. The lowest BCUT2D eigenvalue weighted by molar-refractivity contribution is -0.138. The van der Waals surface area contributed by atoms with E-state index in [1.54, 1.807) is 18.9 Å². The number of rotatable bonds is 4. The molecule has 24 heavy (non-hydrogen) atoms. The predicted molar refractivity (Wildman–Crippen MR) is 90.0 cm³/mol. The number of likely N-dealkylation sites (tertiary alicyclic amines) is 1. The number of nitrogens with zero attached hydrogens (tertiary/aromatic N) is 2. The zero-order valence-electron chi connectivity index (χ0n) is 13.9. The molecule has 1 aromatic rings. The van der Waals surface area contributed by atoms with Crippen molar-refractivity contribution in [1.29, 1.82) is 0 Å². The molecule has 2 rings (SSSR count). The maximum atomic E-state index is 13.5. The lowest BCUT2D eigenvalue weighted by atomic mass is 10.1. The molecule has 1 N–H and O–H groups in total. The van der Waals surface area contributed by atoms with Gasteiger partial charge in [0.05, 0.1) is 17.1 Å². The van der Waals surface area contributed by atoms with Gasteiger partial charge in [-0.05, 0) is 50.9 Å². The summed E-state index contributed by atoms with van der Waals surface area (Å²) in [7, 11) is 1.79. The molecule has 1 unspecified atom stereocenters. The van der Waals surface area contributed by atoms with Gasteiger partial charge < -0.3 is 10.0 Å². The first-order valence-electron chi connectivity index (χ1n) is 7.96. The van der Waals surface area contributed by atoms with E-state index >= 15 is 0 Å². The maximum Gasteiger partial charge on any atom is 0.317 e. The van der Waals surface area contributed by atoms with E-state index in [1.165, 1.54) is 12.1 Å². The Morgan fingerprint density at radius 2 is 2.08 bits per heavy atom. The molecule has 1 aliphatic rings. The van der Waals surface area contributed by atoms with E-state index in [-0.39, 0.29) is 23.5 Å². The van der Waals surface area contributed by atoms with Crippen molar-refractivity contribution in [3.8, 4) is 0 Å². The fraction of sp³-hybridized carbons (Fsp3) is 0.529. The highest BCUT2D eigenvalue weighted by Gasteiger charge is 2.26. The number of aliphatic carboxylic acids is 1. The third-order valence-electron chi connectivity index (χ3n) is 4.47. The SMILES string of the molecule is Cc1cc(C(=O)N2CCCC(N(C)CC(=O)O)CC2)c(Cl)cc1F. The van der Waals surface area contributed by atoms with Crippen LogP contribution in [0.15, 0.2) is 12.1 Å². The summed E-state index contributed by atoms with van der Waals surface area (Å²) < 4.78 is 13.5. The number of carbonyl (C=O) groups excluding carboxylic acids is 1. The summed E-state index contributed by atoms with van der Waals surface area (Å²) >= 11 is 6.03. The summed E-state index contributed by atoms with van der Waals surface area (Å²) in [6.45, 7) is 2.70. The molecule has 0 radical (unpaired) electrons. The van der Waals surface area contributed by atoms with Crippen LogP contribution in [0.1, 0.15) is 35.2 Å². The number of hydrogen-bond acceptors (Lipinski definition) is 3.